The van der Waals surface area contributed by atoms with E-state index in [1.54, 1.807) is 0 Å². The molecule has 3 nitrogen and oxygen atoms in total. The van der Waals surface area contributed by atoms with Gasteiger partial charge in [-0.1, -0.05) is 78.7 Å². The molecular weight excluding hydrogens is 372 g/mol. The first-order valence-corrected chi connectivity index (χ1v) is 11.6. The zero-order chi connectivity index (χ0) is 23.1. The van der Waals surface area contributed by atoms with Crippen LogP contribution in [-0.4, -0.2) is 18.4 Å². The molecule has 0 amide bonds. The molecular formula is C27H44O3. The van der Waals surface area contributed by atoms with Crippen molar-refractivity contribution in [3.8, 4) is 0 Å². The first kappa shape index (κ1) is 26.4. The van der Waals surface area contributed by atoms with E-state index < -0.39 is 0 Å². The maximum absolute atomic E-state index is 12.8. The number of ketones is 1. The lowest BCUT2D eigenvalue weighted by Crippen LogP contribution is -2.24. The summed E-state index contributed by atoms with van der Waals surface area (Å²) in [6.07, 6.45) is 8.89. The van der Waals surface area contributed by atoms with Crippen LogP contribution in [0.1, 0.15) is 101 Å². The molecule has 0 atom stereocenters. The SMILES string of the molecule is CCCC(=O)C1=C(C(=O)OCC(C)C)CC(C(C)(C)CC/C=C(\C)C(C)(C)C)=CC1. The molecule has 0 aromatic heterocycles. The average molecular weight is 417 g/mol. The van der Waals surface area contributed by atoms with Crippen molar-refractivity contribution in [3.05, 3.63) is 34.4 Å². The molecule has 0 radical (unpaired) electrons. The molecule has 0 N–H and O–H groups in total. The van der Waals surface area contributed by atoms with Crippen molar-refractivity contribution in [1.82, 2.24) is 0 Å². The van der Waals surface area contributed by atoms with Crippen molar-refractivity contribution in [1.29, 1.82) is 0 Å². The van der Waals surface area contributed by atoms with E-state index in [4.69, 9.17) is 4.74 Å². The molecule has 0 saturated heterocycles. The summed E-state index contributed by atoms with van der Waals surface area (Å²) in [5.74, 6) is 0.0519. The normalized spacial score (nSPS) is 16.1. The number of esters is 1. The van der Waals surface area contributed by atoms with E-state index in [0.717, 1.165) is 19.3 Å². The van der Waals surface area contributed by atoms with Crippen LogP contribution in [0, 0.1) is 16.7 Å². The zero-order valence-electron chi connectivity index (χ0n) is 20.9. The summed E-state index contributed by atoms with van der Waals surface area (Å²) in [7, 11) is 0. The molecule has 0 fully saturated rings. The van der Waals surface area contributed by atoms with Gasteiger partial charge in [0.25, 0.3) is 0 Å². The van der Waals surface area contributed by atoms with Gasteiger partial charge in [0.1, 0.15) is 0 Å². The third kappa shape index (κ3) is 7.89. The van der Waals surface area contributed by atoms with Gasteiger partial charge in [-0.2, -0.15) is 0 Å². The molecule has 0 saturated carbocycles. The molecule has 0 aliphatic heterocycles. The van der Waals surface area contributed by atoms with Gasteiger partial charge in [-0.25, -0.2) is 4.79 Å². The largest absolute Gasteiger partial charge is 0.462 e. The highest BCUT2D eigenvalue weighted by molar-refractivity contribution is 6.04. The maximum Gasteiger partial charge on any atom is 0.334 e. The zero-order valence-corrected chi connectivity index (χ0v) is 20.9. The predicted octanol–water partition coefficient (Wildman–Crippen LogP) is 7.37. The summed E-state index contributed by atoms with van der Waals surface area (Å²) < 4.78 is 5.53. The predicted molar refractivity (Wildman–Crippen MR) is 126 cm³/mol. The molecule has 0 bridgehead atoms. The minimum absolute atomic E-state index is 0.0302. The maximum atomic E-state index is 12.8. The van der Waals surface area contributed by atoms with Crippen LogP contribution >= 0.6 is 0 Å². The fourth-order valence-corrected chi connectivity index (χ4v) is 3.53. The van der Waals surface area contributed by atoms with Crippen LogP contribution in [0.4, 0.5) is 0 Å². The minimum atomic E-state index is -0.312. The van der Waals surface area contributed by atoms with Gasteiger partial charge in [0, 0.05) is 24.0 Å². The Morgan fingerprint density at radius 2 is 1.77 bits per heavy atom. The quantitative estimate of drug-likeness (QED) is 0.276. The highest BCUT2D eigenvalue weighted by atomic mass is 16.5. The van der Waals surface area contributed by atoms with E-state index >= 15 is 0 Å². The van der Waals surface area contributed by atoms with Crippen molar-refractivity contribution in [2.45, 2.75) is 101 Å². The number of allylic oxidation sites excluding steroid dienone is 5. The van der Waals surface area contributed by atoms with Crippen LogP contribution in [0.25, 0.3) is 0 Å². The highest BCUT2D eigenvalue weighted by Crippen LogP contribution is 2.41. The van der Waals surface area contributed by atoms with Crippen LogP contribution in [-0.2, 0) is 14.3 Å². The summed E-state index contributed by atoms with van der Waals surface area (Å²) in [6, 6.07) is 0. The Bertz CT molecular complexity index is 709. The van der Waals surface area contributed by atoms with Crippen LogP contribution in [0.2, 0.25) is 0 Å². The molecule has 0 unspecified atom stereocenters. The van der Waals surface area contributed by atoms with Crippen molar-refractivity contribution >= 4 is 11.8 Å². The lowest BCUT2D eigenvalue weighted by atomic mass is 9.73. The summed E-state index contributed by atoms with van der Waals surface area (Å²) in [6.45, 7) is 19.8. The molecule has 3 heteroatoms. The Balaban J connectivity index is 3.01. The van der Waals surface area contributed by atoms with E-state index in [-0.39, 0.29) is 28.5 Å². The second-order valence-electron chi connectivity index (χ2n) is 10.8. The molecule has 1 aliphatic rings. The van der Waals surface area contributed by atoms with Gasteiger partial charge in [-0.05, 0) is 49.4 Å². The standard InChI is InChI=1S/C27H44O3/c1-10-12-24(28)22-15-14-21(17-23(22)25(29)30-18-19(2)3)27(8,9)16-11-13-20(4)26(5,6)7/h13-14,19H,10-12,15-18H2,1-9H3/b20-13+. The number of carbonyl (C=O) groups excluding carboxylic acids is 2. The third-order valence-corrected chi connectivity index (χ3v) is 6.16. The molecule has 0 spiro atoms. The van der Waals surface area contributed by atoms with E-state index in [1.165, 1.54) is 11.1 Å². The molecule has 0 aromatic rings. The molecule has 1 aliphatic carbocycles. The Hall–Kier alpha value is -1.64. The third-order valence-electron chi connectivity index (χ3n) is 6.16. The average Bonchev–Trinajstić information content (AvgIpc) is 2.64. The number of rotatable bonds is 10. The van der Waals surface area contributed by atoms with E-state index in [1.807, 2.05) is 20.8 Å². The molecule has 0 heterocycles. The number of hydrogen-bond donors (Lipinski definition) is 0. The Labute approximate surface area is 185 Å². The molecule has 0 aromatic carbocycles. The monoisotopic (exact) mass is 416 g/mol. The Morgan fingerprint density at radius 1 is 1.13 bits per heavy atom. The lowest BCUT2D eigenvalue weighted by molar-refractivity contribution is -0.140. The van der Waals surface area contributed by atoms with Crippen LogP contribution in [0.3, 0.4) is 0 Å². The number of hydrogen-bond acceptors (Lipinski definition) is 3. The highest BCUT2D eigenvalue weighted by Gasteiger charge is 2.31. The molecule has 30 heavy (non-hydrogen) atoms. The fourth-order valence-electron chi connectivity index (χ4n) is 3.53. The summed E-state index contributed by atoms with van der Waals surface area (Å²) in [4.78, 5) is 25.5. The Kier molecular flexibility index (Phi) is 9.78. The van der Waals surface area contributed by atoms with Gasteiger partial charge in [-0.3, -0.25) is 4.79 Å². The smallest absolute Gasteiger partial charge is 0.334 e. The fraction of sp³-hybridized carbons (Fsp3) is 0.704. The topological polar surface area (TPSA) is 43.4 Å². The lowest BCUT2D eigenvalue weighted by Gasteiger charge is -2.32. The van der Waals surface area contributed by atoms with Crippen LogP contribution in [0.5, 0.6) is 0 Å². The summed E-state index contributed by atoms with van der Waals surface area (Å²) in [5, 5.41) is 0. The summed E-state index contributed by atoms with van der Waals surface area (Å²) >= 11 is 0. The van der Waals surface area contributed by atoms with Crippen LogP contribution < -0.4 is 0 Å². The van der Waals surface area contributed by atoms with Crippen molar-refractivity contribution in [2.24, 2.45) is 16.7 Å². The van der Waals surface area contributed by atoms with Crippen molar-refractivity contribution < 1.29 is 14.3 Å². The Morgan fingerprint density at radius 3 is 2.30 bits per heavy atom. The number of ether oxygens (including phenoxy) is 1. The number of carbonyl (C=O) groups is 2. The van der Waals surface area contributed by atoms with Crippen molar-refractivity contribution in [3.63, 3.8) is 0 Å². The van der Waals surface area contributed by atoms with Crippen molar-refractivity contribution in [2.75, 3.05) is 6.61 Å². The van der Waals surface area contributed by atoms with E-state index in [9.17, 15) is 9.59 Å². The van der Waals surface area contributed by atoms with Gasteiger partial charge >= 0.3 is 5.97 Å². The first-order valence-electron chi connectivity index (χ1n) is 11.6. The summed E-state index contributed by atoms with van der Waals surface area (Å²) in [5.41, 5.74) is 4.06. The van der Waals surface area contributed by atoms with Gasteiger partial charge in [-0.15, -0.1) is 0 Å². The van der Waals surface area contributed by atoms with E-state index in [0.29, 0.717) is 37.0 Å². The second kappa shape index (κ2) is 11.1. The minimum Gasteiger partial charge on any atom is -0.462 e. The number of Topliss-reactive ketones (excluding diaryl/α,β-unsaturated/α-hetero) is 1. The molecule has 1 rings (SSSR count). The van der Waals surface area contributed by atoms with Gasteiger partial charge in [0.15, 0.2) is 5.78 Å². The van der Waals surface area contributed by atoms with Gasteiger partial charge in [0.05, 0.1) is 6.61 Å². The molecule has 170 valence electrons. The van der Waals surface area contributed by atoms with Gasteiger partial charge in [0.2, 0.25) is 0 Å². The first-order chi connectivity index (χ1) is 13.8. The van der Waals surface area contributed by atoms with Gasteiger partial charge < -0.3 is 4.74 Å². The van der Waals surface area contributed by atoms with Crippen LogP contribution in [0.15, 0.2) is 34.4 Å². The van der Waals surface area contributed by atoms with E-state index in [2.05, 4.69) is 53.7 Å². The second-order valence-corrected chi connectivity index (χ2v) is 10.8.